The summed E-state index contributed by atoms with van der Waals surface area (Å²) in [5, 5.41) is 0. The molecule has 1 fully saturated rings. The van der Waals surface area contributed by atoms with Crippen LogP contribution in [0.1, 0.15) is 43.8 Å². The first-order valence-electron chi connectivity index (χ1n) is 5.52. The molecule has 0 bridgehead atoms. The van der Waals surface area contributed by atoms with Gasteiger partial charge in [-0.05, 0) is 12.8 Å². The van der Waals surface area contributed by atoms with Crippen molar-refractivity contribution in [2.24, 2.45) is 12.8 Å². The van der Waals surface area contributed by atoms with Gasteiger partial charge >= 0.3 is 0 Å². The number of aryl methyl sites for hydroxylation is 1. The fourth-order valence-electron chi connectivity index (χ4n) is 2.39. The molecule has 0 aliphatic heterocycles. The van der Waals surface area contributed by atoms with E-state index in [1.165, 1.54) is 31.5 Å². The first kappa shape index (κ1) is 9.71. The summed E-state index contributed by atoms with van der Waals surface area (Å²) in [5.74, 6) is 1.64. The van der Waals surface area contributed by atoms with Crippen molar-refractivity contribution >= 4 is 0 Å². The fourth-order valence-corrected chi connectivity index (χ4v) is 2.39. The molecular formula is C11H19N3. The monoisotopic (exact) mass is 193 g/mol. The van der Waals surface area contributed by atoms with Crippen molar-refractivity contribution in [3.8, 4) is 0 Å². The number of hydrogen-bond acceptors (Lipinski definition) is 2. The van der Waals surface area contributed by atoms with Crippen molar-refractivity contribution in [1.29, 1.82) is 0 Å². The topological polar surface area (TPSA) is 43.8 Å². The van der Waals surface area contributed by atoms with Gasteiger partial charge in [0.1, 0.15) is 5.82 Å². The molecule has 1 saturated carbocycles. The summed E-state index contributed by atoms with van der Waals surface area (Å²) in [4.78, 5) is 4.41. The van der Waals surface area contributed by atoms with Crippen LogP contribution in [0.15, 0.2) is 12.4 Å². The molecule has 2 unspecified atom stereocenters. The van der Waals surface area contributed by atoms with Gasteiger partial charge in [0.25, 0.3) is 0 Å². The Morgan fingerprint density at radius 1 is 1.36 bits per heavy atom. The van der Waals surface area contributed by atoms with Gasteiger partial charge in [0.05, 0.1) is 0 Å². The third-order valence-corrected chi connectivity index (χ3v) is 3.26. The summed E-state index contributed by atoms with van der Waals surface area (Å²) in [6.07, 6.45) is 10.1. The minimum atomic E-state index is 0.304. The summed E-state index contributed by atoms with van der Waals surface area (Å²) in [7, 11) is 2.06. The second kappa shape index (κ2) is 4.13. The highest BCUT2D eigenvalue weighted by Crippen LogP contribution is 2.29. The predicted molar refractivity (Wildman–Crippen MR) is 57.0 cm³/mol. The van der Waals surface area contributed by atoms with E-state index in [1.807, 2.05) is 12.4 Å². The van der Waals surface area contributed by atoms with Crippen LogP contribution in [0.5, 0.6) is 0 Å². The van der Waals surface area contributed by atoms with Crippen molar-refractivity contribution in [3.05, 3.63) is 18.2 Å². The Bertz CT molecular complexity index is 292. The van der Waals surface area contributed by atoms with Crippen molar-refractivity contribution in [2.45, 2.75) is 44.1 Å². The van der Waals surface area contributed by atoms with Crippen LogP contribution >= 0.6 is 0 Å². The van der Waals surface area contributed by atoms with Gasteiger partial charge in [-0.3, -0.25) is 0 Å². The smallest absolute Gasteiger partial charge is 0.113 e. The fraction of sp³-hybridized carbons (Fsp3) is 0.727. The number of hydrogen-bond donors (Lipinski definition) is 1. The largest absolute Gasteiger partial charge is 0.338 e. The molecule has 0 aromatic carbocycles. The molecule has 0 amide bonds. The maximum Gasteiger partial charge on any atom is 0.113 e. The van der Waals surface area contributed by atoms with Gasteiger partial charge in [0.15, 0.2) is 0 Å². The molecule has 3 nitrogen and oxygen atoms in total. The summed E-state index contributed by atoms with van der Waals surface area (Å²) >= 11 is 0. The zero-order chi connectivity index (χ0) is 9.97. The number of aromatic nitrogens is 2. The van der Waals surface area contributed by atoms with E-state index >= 15 is 0 Å². The Hall–Kier alpha value is -0.830. The molecule has 0 saturated heterocycles. The second-order valence-electron chi connectivity index (χ2n) is 4.30. The highest BCUT2D eigenvalue weighted by molar-refractivity contribution is 5.04. The molecule has 1 aromatic rings. The van der Waals surface area contributed by atoms with Gasteiger partial charge in [-0.1, -0.05) is 19.3 Å². The molecule has 2 N–H and O–H groups in total. The highest BCUT2D eigenvalue weighted by Gasteiger charge is 2.24. The minimum absolute atomic E-state index is 0.304. The molecule has 3 heteroatoms. The van der Waals surface area contributed by atoms with Crippen molar-refractivity contribution in [3.63, 3.8) is 0 Å². The first-order valence-corrected chi connectivity index (χ1v) is 5.52. The van der Waals surface area contributed by atoms with Crippen LogP contribution in [0.2, 0.25) is 0 Å². The summed E-state index contributed by atoms with van der Waals surface area (Å²) in [5.41, 5.74) is 6.19. The van der Waals surface area contributed by atoms with Gasteiger partial charge in [0.2, 0.25) is 0 Å². The van der Waals surface area contributed by atoms with Gasteiger partial charge in [-0.2, -0.15) is 0 Å². The quantitative estimate of drug-likeness (QED) is 0.691. The zero-order valence-corrected chi connectivity index (χ0v) is 8.82. The molecule has 1 aromatic heterocycles. The Kier molecular flexibility index (Phi) is 2.87. The number of nitrogens with two attached hydrogens (primary N) is 1. The average molecular weight is 193 g/mol. The average Bonchev–Trinajstić information content (AvgIpc) is 2.46. The van der Waals surface area contributed by atoms with E-state index in [0.717, 1.165) is 6.42 Å². The van der Waals surface area contributed by atoms with E-state index in [1.54, 1.807) is 0 Å². The van der Waals surface area contributed by atoms with Crippen LogP contribution in [-0.2, 0) is 7.05 Å². The molecule has 0 spiro atoms. The predicted octanol–water partition coefficient (Wildman–Crippen LogP) is 1.80. The third-order valence-electron chi connectivity index (χ3n) is 3.26. The molecule has 1 aliphatic carbocycles. The molecule has 1 aliphatic rings. The first-order chi connectivity index (χ1) is 6.79. The molecule has 14 heavy (non-hydrogen) atoms. The normalized spacial score (nSPS) is 28.7. The van der Waals surface area contributed by atoms with Gasteiger partial charge in [-0.15, -0.1) is 0 Å². The van der Waals surface area contributed by atoms with Gasteiger partial charge in [0, 0.05) is 31.4 Å². The maximum absolute atomic E-state index is 6.19. The van der Waals surface area contributed by atoms with Crippen molar-refractivity contribution < 1.29 is 0 Å². The van der Waals surface area contributed by atoms with E-state index in [2.05, 4.69) is 16.6 Å². The minimum Gasteiger partial charge on any atom is -0.338 e. The summed E-state index contributed by atoms with van der Waals surface area (Å²) in [6.45, 7) is 0. The lowest BCUT2D eigenvalue weighted by molar-refractivity contribution is 0.472. The standard InChI is InChI=1S/C11H19N3/c1-14-8-7-13-11(14)9-5-3-2-4-6-10(9)12/h7-10H,2-6,12H2,1H3. The zero-order valence-electron chi connectivity index (χ0n) is 8.82. The van der Waals surface area contributed by atoms with E-state index in [-0.39, 0.29) is 0 Å². The molecular weight excluding hydrogens is 174 g/mol. The Labute approximate surface area is 85.3 Å². The highest BCUT2D eigenvalue weighted by atomic mass is 15.0. The summed E-state index contributed by atoms with van der Waals surface area (Å²) < 4.78 is 2.11. The van der Waals surface area contributed by atoms with Gasteiger partial charge in [-0.25, -0.2) is 4.98 Å². The van der Waals surface area contributed by atoms with Crippen LogP contribution < -0.4 is 5.73 Å². The van der Waals surface area contributed by atoms with Crippen LogP contribution in [0.25, 0.3) is 0 Å². The lowest BCUT2D eigenvalue weighted by Gasteiger charge is -2.20. The Morgan fingerprint density at radius 2 is 2.14 bits per heavy atom. The van der Waals surface area contributed by atoms with Crippen molar-refractivity contribution in [1.82, 2.24) is 9.55 Å². The van der Waals surface area contributed by atoms with Gasteiger partial charge < -0.3 is 10.3 Å². The van der Waals surface area contributed by atoms with E-state index in [0.29, 0.717) is 12.0 Å². The number of nitrogens with zero attached hydrogens (tertiary/aromatic N) is 2. The number of imidazole rings is 1. The van der Waals surface area contributed by atoms with E-state index in [4.69, 9.17) is 5.73 Å². The van der Waals surface area contributed by atoms with E-state index in [9.17, 15) is 0 Å². The van der Waals surface area contributed by atoms with E-state index < -0.39 is 0 Å². The lowest BCUT2D eigenvalue weighted by atomic mass is 9.95. The van der Waals surface area contributed by atoms with Crippen LogP contribution in [0.3, 0.4) is 0 Å². The lowest BCUT2D eigenvalue weighted by Crippen LogP contribution is -2.29. The Morgan fingerprint density at radius 3 is 2.86 bits per heavy atom. The molecule has 0 radical (unpaired) electrons. The van der Waals surface area contributed by atoms with Crippen molar-refractivity contribution in [2.75, 3.05) is 0 Å². The SMILES string of the molecule is Cn1ccnc1C1CCCCCC1N. The molecule has 78 valence electrons. The maximum atomic E-state index is 6.19. The van der Waals surface area contributed by atoms with Crippen LogP contribution in [0, 0.1) is 0 Å². The molecule has 2 rings (SSSR count). The molecule has 2 atom stereocenters. The van der Waals surface area contributed by atoms with Crippen LogP contribution in [-0.4, -0.2) is 15.6 Å². The Balaban J connectivity index is 2.19. The number of rotatable bonds is 1. The second-order valence-corrected chi connectivity index (χ2v) is 4.30. The third kappa shape index (κ3) is 1.82. The summed E-state index contributed by atoms with van der Waals surface area (Å²) in [6, 6.07) is 0.304. The van der Waals surface area contributed by atoms with Crippen LogP contribution in [0.4, 0.5) is 0 Å². The molecule has 1 heterocycles.